The van der Waals surface area contributed by atoms with Crippen LogP contribution in [0.4, 0.5) is 4.39 Å². The van der Waals surface area contributed by atoms with Crippen molar-refractivity contribution in [3.63, 3.8) is 0 Å². The van der Waals surface area contributed by atoms with E-state index in [4.69, 9.17) is 23.2 Å². The number of benzene rings is 2. The van der Waals surface area contributed by atoms with E-state index < -0.39 is 0 Å². The number of alkyl halides is 1. The number of rotatable bonds is 3. The van der Waals surface area contributed by atoms with E-state index in [1.165, 1.54) is 12.1 Å². The molecule has 0 aliphatic carbocycles. The number of pyridine rings is 1. The molecule has 0 N–H and O–H groups in total. The van der Waals surface area contributed by atoms with Crippen LogP contribution >= 0.6 is 23.2 Å². The third-order valence-electron chi connectivity index (χ3n) is 3.34. The average molecular weight is 320 g/mol. The number of aromatic nitrogens is 1. The second-order valence-electron chi connectivity index (χ2n) is 4.83. The molecule has 0 saturated carbocycles. The van der Waals surface area contributed by atoms with Crippen molar-refractivity contribution in [2.75, 3.05) is 0 Å². The Hall–Kier alpha value is -1.64. The minimum atomic E-state index is -0.364. The Morgan fingerprint density at radius 2 is 1.86 bits per heavy atom. The van der Waals surface area contributed by atoms with E-state index in [2.05, 4.69) is 4.98 Å². The highest BCUT2D eigenvalue weighted by Crippen LogP contribution is 2.31. The Labute approximate surface area is 132 Å². The van der Waals surface area contributed by atoms with Crippen LogP contribution in [0.25, 0.3) is 10.9 Å². The summed E-state index contributed by atoms with van der Waals surface area (Å²) < 4.78 is 13.1. The lowest BCUT2D eigenvalue weighted by Gasteiger charge is -2.12. The van der Waals surface area contributed by atoms with Crippen LogP contribution in [-0.4, -0.2) is 4.98 Å². The molecule has 0 radical (unpaired) electrons. The van der Waals surface area contributed by atoms with Crippen molar-refractivity contribution in [2.45, 2.75) is 11.8 Å². The summed E-state index contributed by atoms with van der Waals surface area (Å²) in [7, 11) is 0. The van der Waals surface area contributed by atoms with Crippen LogP contribution in [0, 0.1) is 5.82 Å². The monoisotopic (exact) mass is 319 g/mol. The highest BCUT2D eigenvalue weighted by atomic mass is 35.5. The number of para-hydroxylation sites is 1. The van der Waals surface area contributed by atoms with Crippen molar-refractivity contribution in [1.29, 1.82) is 0 Å². The Bertz CT molecular complexity index is 789. The van der Waals surface area contributed by atoms with Crippen molar-refractivity contribution in [3.05, 3.63) is 76.7 Å². The molecule has 0 fully saturated rings. The zero-order chi connectivity index (χ0) is 14.8. The van der Waals surface area contributed by atoms with Crippen LogP contribution in [-0.2, 0) is 6.42 Å². The second-order valence-corrected chi connectivity index (χ2v) is 5.77. The first-order valence-corrected chi connectivity index (χ1v) is 7.38. The predicted molar refractivity (Wildman–Crippen MR) is 85.5 cm³/mol. The van der Waals surface area contributed by atoms with Gasteiger partial charge in [-0.25, -0.2) is 4.39 Å². The van der Waals surface area contributed by atoms with Crippen LogP contribution in [0.3, 0.4) is 0 Å². The molecule has 0 spiro atoms. The van der Waals surface area contributed by atoms with Gasteiger partial charge in [0.25, 0.3) is 0 Å². The first kappa shape index (κ1) is 14.3. The third-order valence-corrected chi connectivity index (χ3v) is 4.06. The Kier molecular flexibility index (Phi) is 4.09. The molecule has 1 heterocycles. The highest BCUT2D eigenvalue weighted by Gasteiger charge is 2.14. The standard InChI is InChI=1S/C17H12Cl2FN/c18-15-9-12(20)6-8-14(15)16(19)10-13-7-5-11-3-1-2-4-17(11)21-13/h1-9,16H,10H2. The fraction of sp³-hybridized carbons (Fsp3) is 0.118. The summed E-state index contributed by atoms with van der Waals surface area (Å²) in [5, 5.41) is 1.09. The lowest BCUT2D eigenvalue weighted by Crippen LogP contribution is -1.99. The fourth-order valence-corrected chi connectivity index (χ4v) is 2.97. The summed E-state index contributed by atoms with van der Waals surface area (Å²) in [6.45, 7) is 0. The van der Waals surface area contributed by atoms with Crippen LogP contribution in [0.1, 0.15) is 16.6 Å². The van der Waals surface area contributed by atoms with E-state index in [-0.39, 0.29) is 11.2 Å². The summed E-state index contributed by atoms with van der Waals surface area (Å²) in [5.74, 6) is -0.364. The molecule has 106 valence electrons. The maximum atomic E-state index is 13.1. The summed E-state index contributed by atoms with van der Waals surface area (Å²) in [5.41, 5.74) is 2.54. The van der Waals surface area contributed by atoms with Gasteiger partial charge in [-0.2, -0.15) is 0 Å². The van der Waals surface area contributed by atoms with Gasteiger partial charge in [0.15, 0.2) is 0 Å². The molecule has 3 rings (SSSR count). The Balaban J connectivity index is 1.87. The van der Waals surface area contributed by atoms with Crippen LogP contribution in [0.2, 0.25) is 5.02 Å². The van der Waals surface area contributed by atoms with Crippen LogP contribution in [0.15, 0.2) is 54.6 Å². The van der Waals surface area contributed by atoms with Gasteiger partial charge in [0, 0.05) is 22.5 Å². The highest BCUT2D eigenvalue weighted by molar-refractivity contribution is 6.32. The molecule has 1 unspecified atom stereocenters. The summed E-state index contributed by atoms with van der Waals surface area (Å²) in [4.78, 5) is 4.59. The van der Waals surface area contributed by atoms with Crippen molar-refractivity contribution in [3.8, 4) is 0 Å². The summed E-state index contributed by atoms with van der Waals surface area (Å²) in [6.07, 6.45) is 0.539. The number of fused-ring (bicyclic) bond motifs is 1. The SMILES string of the molecule is Fc1ccc(C(Cl)Cc2ccc3ccccc3n2)c(Cl)c1. The molecule has 0 aliphatic rings. The molecular formula is C17H12Cl2FN. The maximum Gasteiger partial charge on any atom is 0.124 e. The van der Waals surface area contributed by atoms with Crippen molar-refractivity contribution >= 4 is 34.1 Å². The first-order valence-electron chi connectivity index (χ1n) is 6.57. The molecule has 2 aromatic carbocycles. The molecule has 0 bridgehead atoms. The zero-order valence-corrected chi connectivity index (χ0v) is 12.6. The van der Waals surface area contributed by atoms with Gasteiger partial charge in [-0.3, -0.25) is 4.98 Å². The molecule has 4 heteroatoms. The quantitative estimate of drug-likeness (QED) is 0.577. The summed E-state index contributed by atoms with van der Waals surface area (Å²) >= 11 is 12.4. The maximum absolute atomic E-state index is 13.1. The Morgan fingerprint density at radius 1 is 1.05 bits per heavy atom. The molecular weight excluding hydrogens is 308 g/mol. The molecule has 0 amide bonds. The number of halogens is 3. The van der Waals surface area contributed by atoms with Gasteiger partial charge in [-0.15, -0.1) is 11.6 Å². The van der Waals surface area contributed by atoms with E-state index >= 15 is 0 Å². The second kappa shape index (κ2) is 6.00. The van der Waals surface area contributed by atoms with Gasteiger partial charge in [-0.1, -0.05) is 41.9 Å². The zero-order valence-electron chi connectivity index (χ0n) is 11.1. The number of hydrogen-bond donors (Lipinski definition) is 0. The van der Waals surface area contributed by atoms with Gasteiger partial charge in [0.1, 0.15) is 5.82 Å². The van der Waals surface area contributed by atoms with E-state index in [0.29, 0.717) is 11.4 Å². The van der Waals surface area contributed by atoms with Crippen LogP contribution < -0.4 is 0 Å². The molecule has 0 aliphatic heterocycles. The molecule has 1 nitrogen and oxygen atoms in total. The van der Waals surface area contributed by atoms with Crippen LogP contribution in [0.5, 0.6) is 0 Å². The van der Waals surface area contributed by atoms with Gasteiger partial charge in [-0.05, 0) is 29.8 Å². The number of nitrogens with zero attached hydrogens (tertiary/aromatic N) is 1. The average Bonchev–Trinajstić information content (AvgIpc) is 2.47. The van der Waals surface area contributed by atoms with Crippen molar-refractivity contribution < 1.29 is 4.39 Å². The van der Waals surface area contributed by atoms with E-state index in [1.807, 2.05) is 36.4 Å². The summed E-state index contributed by atoms with van der Waals surface area (Å²) in [6, 6.07) is 16.2. The van der Waals surface area contributed by atoms with Gasteiger partial charge >= 0.3 is 0 Å². The lowest BCUT2D eigenvalue weighted by molar-refractivity contribution is 0.627. The van der Waals surface area contributed by atoms with Crippen molar-refractivity contribution in [2.24, 2.45) is 0 Å². The molecule has 0 saturated heterocycles. The van der Waals surface area contributed by atoms with E-state index in [0.717, 1.165) is 22.2 Å². The minimum absolute atomic E-state index is 0.341. The van der Waals surface area contributed by atoms with E-state index in [9.17, 15) is 4.39 Å². The first-order chi connectivity index (χ1) is 10.1. The Morgan fingerprint density at radius 3 is 2.67 bits per heavy atom. The lowest BCUT2D eigenvalue weighted by atomic mass is 10.1. The molecule has 3 aromatic rings. The minimum Gasteiger partial charge on any atom is -0.253 e. The smallest absolute Gasteiger partial charge is 0.124 e. The topological polar surface area (TPSA) is 12.9 Å². The fourth-order valence-electron chi connectivity index (χ4n) is 2.27. The predicted octanol–water partition coefficient (Wildman–Crippen LogP) is 5.55. The van der Waals surface area contributed by atoms with Crippen molar-refractivity contribution in [1.82, 2.24) is 4.98 Å². The van der Waals surface area contributed by atoms with Gasteiger partial charge < -0.3 is 0 Å². The molecule has 21 heavy (non-hydrogen) atoms. The normalized spacial score (nSPS) is 12.5. The number of hydrogen-bond acceptors (Lipinski definition) is 1. The largest absolute Gasteiger partial charge is 0.253 e. The molecule has 1 atom stereocenters. The van der Waals surface area contributed by atoms with E-state index in [1.54, 1.807) is 6.07 Å². The third kappa shape index (κ3) is 3.17. The van der Waals surface area contributed by atoms with Gasteiger partial charge in [0.2, 0.25) is 0 Å². The van der Waals surface area contributed by atoms with Gasteiger partial charge in [0.05, 0.1) is 10.9 Å². The molecule has 1 aromatic heterocycles.